The van der Waals surface area contributed by atoms with Crippen LogP contribution < -0.4 is 10.1 Å². The molecule has 2 aromatic rings. The first kappa shape index (κ1) is 17.4. The van der Waals surface area contributed by atoms with E-state index in [1.165, 1.54) is 5.56 Å². The molecule has 25 heavy (non-hydrogen) atoms. The Morgan fingerprint density at radius 2 is 2.04 bits per heavy atom. The van der Waals surface area contributed by atoms with Gasteiger partial charge >= 0.3 is 0 Å². The minimum absolute atomic E-state index is 0.0165. The molecule has 1 aromatic carbocycles. The summed E-state index contributed by atoms with van der Waals surface area (Å²) in [5.74, 6) is 0.911. The standard InChI is InChI=1S/C20H24N2O3/c1-14-4-3-5-19(15(14)2)25-13-20(23)22-18-12-24-11-17(18)10-16-6-8-21-9-7-16/h3-9,17-18H,10-13H2,1-2H3,(H,22,23)/t17-,18+/m1/s1. The number of carbonyl (C=O) groups excluding carboxylic acids is 1. The highest BCUT2D eigenvalue weighted by atomic mass is 16.5. The summed E-state index contributed by atoms with van der Waals surface area (Å²) in [5.41, 5.74) is 3.42. The topological polar surface area (TPSA) is 60.5 Å². The average Bonchev–Trinajstić information content (AvgIpc) is 3.04. The number of carbonyl (C=O) groups is 1. The van der Waals surface area contributed by atoms with Gasteiger partial charge in [-0.05, 0) is 55.2 Å². The Morgan fingerprint density at radius 3 is 2.84 bits per heavy atom. The summed E-state index contributed by atoms with van der Waals surface area (Å²) in [5, 5.41) is 3.05. The lowest BCUT2D eigenvalue weighted by molar-refractivity contribution is -0.124. The first-order chi connectivity index (χ1) is 12.1. The molecule has 0 saturated carbocycles. The predicted molar refractivity (Wildman–Crippen MR) is 95.6 cm³/mol. The van der Waals surface area contributed by atoms with E-state index in [4.69, 9.17) is 9.47 Å². The number of ether oxygens (including phenoxy) is 2. The predicted octanol–water partition coefficient (Wildman–Crippen LogP) is 2.45. The van der Waals surface area contributed by atoms with Gasteiger partial charge in [0.15, 0.2) is 6.61 Å². The fraction of sp³-hybridized carbons (Fsp3) is 0.400. The van der Waals surface area contributed by atoms with E-state index in [1.807, 2.05) is 44.2 Å². The molecule has 132 valence electrons. The quantitative estimate of drug-likeness (QED) is 0.877. The summed E-state index contributed by atoms with van der Waals surface area (Å²) in [6, 6.07) is 9.87. The van der Waals surface area contributed by atoms with Crippen LogP contribution in [0.2, 0.25) is 0 Å². The summed E-state index contributed by atoms with van der Waals surface area (Å²) < 4.78 is 11.3. The third-order valence-electron chi connectivity index (χ3n) is 4.71. The third-order valence-corrected chi connectivity index (χ3v) is 4.71. The largest absolute Gasteiger partial charge is 0.483 e. The summed E-state index contributed by atoms with van der Waals surface area (Å²) >= 11 is 0. The number of nitrogens with zero attached hydrogens (tertiary/aromatic N) is 1. The Hall–Kier alpha value is -2.40. The van der Waals surface area contributed by atoms with E-state index >= 15 is 0 Å². The van der Waals surface area contributed by atoms with Crippen molar-refractivity contribution in [3.63, 3.8) is 0 Å². The van der Waals surface area contributed by atoms with Crippen LogP contribution in [0.4, 0.5) is 0 Å². The van der Waals surface area contributed by atoms with Gasteiger partial charge in [0.2, 0.25) is 0 Å². The molecule has 1 aliphatic rings. The van der Waals surface area contributed by atoms with Gasteiger partial charge in [0.1, 0.15) is 5.75 Å². The number of pyridine rings is 1. The number of aryl methyl sites for hydroxylation is 1. The van der Waals surface area contributed by atoms with Gasteiger partial charge in [0.25, 0.3) is 5.91 Å². The molecule has 1 aliphatic heterocycles. The lowest BCUT2D eigenvalue weighted by Crippen LogP contribution is -2.42. The summed E-state index contributed by atoms with van der Waals surface area (Å²) in [7, 11) is 0. The van der Waals surface area contributed by atoms with Gasteiger partial charge in [-0.25, -0.2) is 0 Å². The number of benzene rings is 1. The van der Waals surface area contributed by atoms with Crippen molar-refractivity contribution >= 4 is 5.91 Å². The van der Waals surface area contributed by atoms with Crippen LogP contribution in [0.3, 0.4) is 0 Å². The zero-order chi connectivity index (χ0) is 17.6. The molecule has 2 heterocycles. The van der Waals surface area contributed by atoms with Crippen molar-refractivity contribution in [2.24, 2.45) is 5.92 Å². The van der Waals surface area contributed by atoms with Crippen molar-refractivity contribution in [3.05, 3.63) is 59.4 Å². The molecule has 1 amide bonds. The van der Waals surface area contributed by atoms with Gasteiger partial charge < -0.3 is 14.8 Å². The van der Waals surface area contributed by atoms with Gasteiger partial charge in [-0.15, -0.1) is 0 Å². The highest BCUT2D eigenvalue weighted by Crippen LogP contribution is 2.21. The molecule has 0 spiro atoms. The molecular formula is C20H24N2O3. The zero-order valence-electron chi connectivity index (χ0n) is 14.7. The van der Waals surface area contributed by atoms with Crippen molar-refractivity contribution in [1.29, 1.82) is 0 Å². The molecule has 5 heteroatoms. The number of amides is 1. The van der Waals surface area contributed by atoms with E-state index < -0.39 is 0 Å². The molecule has 1 saturated heterocycles. The molecule has 2 atom stereocenters. The molecule has 5 nitrogen and oxygen atoms in total. The molecule has 0 bridgehead atoms. The molecule has 1 fully saturated rings. The maximum Gasteiger partial charge on any atom is 0.258 e. The van der Waals surface area contributed by atoms with Crippen LogP contribution in [0.5, 0.6) is 5.75 Å². The van der Waals surface area contributed by atoms with Crippen LogP contribution in [0.1, 0.15) is 16.7 Å². The molecule has 3 rings (SSSR count). The second-order valence-corrected chi connectivity index (χ2v) is 6.52. The Labute approximate surface area is 148 Å². The zero-order valence-corrected chi connectivity index (χ0v) is 14.7. The van der Waals surface area contributed by atoms with E-state index in [2.05, 4.69) is 10.3 Å². The average molecular weight is 340 g/mol. The van der Waals surface area contributed by atoms with Crippen molar-refractivity contribution in [2.75, 3.05) is 19.8 Å². The van der Waals surface area contributed by atoms with Crippen molar-refractivity contribution in [2.45, 2.75) is 26.3 Å². The Balaban J connectivity index is 1.52. The Kier molecular flexibility index (Phi) is 5.66. The second kappa shape index (κ2) is 8.12. The smallest absolute Gasteiger partial charge is 0.258 e. The minimum atomic E-state index is -0.115. The minimum Gasteiger partial charge on any atom is -0.483 e. The van der Waals surface area contributed by atoms with Crippen molar-refractivity contribution in [3.8, 4) is 5.75 Å². The van der Waals surface area contributed by atoms with Crippen LogP contribution in [0.25, 0.3) is 0 Å². The first-order valence-electron chi connectivity index (χ1n) is 8.58. The van der Waals surface area contributed by atoms with Crippen molar-refractivity contribution < 1.29 is 14.3 Å². The lowest BCUT2D eigenvalue weighted by Gasteiger charge is -2.19. The molecule has 1 aromatic heterocycles. The lowest BCUT2D eigenvalue weighted by atomic mass is 9.95. The SMILES string of the molecule is Cc1cccc(OCC(=O)N[C@H]2COC[C@H]2Cc2ccncc2)c1C. The molecule has 0 aliphatic carbocycles. The number of nitrogens with one attached hydrogen (secondary N) is 1. The van der Waals surface area contributed by atoms with E-state index in [9.17, 15) is 4.79 Å². The highest BCUT2D eigenvalue weighted by molar-refractivity contribution is 5.78. The summed E-state index contributed by atoms with van der Waals surface area (Å²) in [6.45, 7) is 5.25. The molecule has 1 N–H and O–H groups in total. The monoisotopic (exact) mass is 340 g/mol. The van der Waals surface area contributed by atoms with Crippen LogP contribution in [-0.4, -0.2) is 36.8 Å². The van der Waals surface area contributed by atoms with Gasteiger partial charge in [-0.1, -0.05) is 12.1 Å². The van der Waals surface area contributed by atoms with Gasteiger partial charge in [-0.2, -0.15) is 0 Å². The van der Waals surface area contributed by atoms with E-state index in [0.717, 1.165) is 23.3 Å². The fourth-order valence-electron chi connectivity index (χ4n) is 3.05. The van der Waals surface area contributed by atoms with Crippen LogP contribution in [0.15, 0.2) is 42.7 Å². The van der Waals surface area contributed by atoms with Crippen LogP contribution >= 0.6 is 0 Å². The third kappa shape index (κ3) is 4.57. The maximum absolute atomic E-state index is 12.3. The normalized spacial score (nSPS) is 19.6. The number of hydrogen-bond acceptors (Lipinski definition) is 4. The first-order valence-corrected chi connectivity index (χ1v) is 8.58. The Morgan fingerprint density at radius 1 is 1.24 bits per heavy atom. The molecule has 0 radical (unpaired) electrons. The molecular weight excluding hydrogens is 316 g/mol. The van der Waals surface area contributed by atoms with Crippen LogP contribution in [-0.2, 0) is 16.0 Å². The van der Waals surface area contributed by atoms with Crippen molar-refractivity contribution in [1.82, 2.24) is 10.3 Å². The van der Waals surface area contributed by atoms with E-state index in [1.54, 1.807) is 12.4 Å². The van der Waals surface area contributed by atoms with Gasteiger partial charge in [-0.3, -0.25) is 9.78 Å². The van der Waals surface area contributed by atoms with E-state index in [-0.39, 0.29) is 24.5 Å². The number of hydrogen-bond donors (Lipinski definition) is 1. The fourth-order valence-corrected chi connectivity index (χ4v) is 3.05. The number of rotatable bonds is 6. The second-order valence-electron chi connectivity index (χ2n) is 6.52. The summed E-state index contributed by atoms with van der Waals surface area (Å²) in [4.78, 5) is 16.3. The van der Waals surface area contributed by atoms with Crippen LogP contribution in [0, 0.1) is 19.8 Å². The van der Waals surface area contributed by atoms with Gasteiger partial charge in [0.05, 0.1) is 19.3 Å². The van der Waals surface area contributed by atoms with E-state index in [0.29, 0.717) is 13.2 Å². The van der Waals surface area contributed by atoms with Gasteiger partial charge in [0, 0.05) is 18.3 Å². The highest BCUT2D eigenvalue weighted by Gasteiger charge is 2.29. The molecule has 0 unspecified atom stereocenters. The Bertz CT molecular complexity index is 718. The maximum atomic E-state index is 12.3. The number of aromatic nitrogens is 1. The summed E-state index contributed by atoms with van der Waals surface area (Å²) in [6.07, 6.45) is 4.44.